The third-order valence-electron chi connectivity index (χ3n) is 3.56. The van der Waals surface area contributed by atoms with Gasteiger partial charge in [-0.15, -0.1) is 0 Å². The molecule has 25 heavy (non-hydrogen) atoms. The summed E-state index contributed by atoms with van der Waals surface area (Å²) < 4.78 is 13.1. The number of benzene rings is 1. The van der Waals surface area contributed by atoms with Crippen LogP contribution in [0.3, 0.4) is 0 Å². The van der Waals surface area contributed by atoms with E-state index < -0.39 is 0 Å². The van der Waals surface area contributed by atoms with Crippen LogP contribution in [0.1, 0.15) is 47.1 Å². The molecular weight excluding hydrogens is 319 g/mol. The number of amides is 1. The summed E-state index contributed by atoms with van der Waals surface area (Å²) in [4.78, 5) is 16.2. The molecule has 0 spiro atoms. The Hall–Kier alpha value is -2.11. The summed E-state index contributed by atoms with van der Waals surface area (Å²) in [5.41, 5.74) is 0.545. The molecule has 0 saturated carbocycles. The SMILES string of the molecule is CCNC(=NCC(=O)NC(C)(C)C)NCC(C)(C)c1ccc(F)cc1. The van der Waals surface area contributed by atoms with Gasteiger partial charge in [0, 0.05) is 24.0 Å². The molecule has 0 aliphatic carbocycles. The fourth-order valence-corrected chi connectivity index (χ4v) is 2.26. The third-order valence-corrected chi connectivity index (χ3v) is 3.56. The van der Waals surface area contributed by atoms with Crippen molar-refractivity contribution in [2.45, 2.75) is 52.5 Å². The third kappa shape index (κ3) is 8.01. The van der Waals surface area contributed by atoms with Gasteiger partial charge in [0.25, 0.3) is 0 Å². The lowest BCUT2D eigenvalue weighted by Crippen LogP contribution is -2.45. The lowest BCUT2D eigenvalue weighted by atomic mass is 9.84. The number of halogens is 1. The first-order valence-corrected chi connectivity index (χ1v) is 8.63. The molecule has 0 heterocycles. The van der Waals surface area contributed by atoms with Gasteiger partial charge in [-0.05, 0) is 45.4 Å². The molecule has 0 atom stereocenters. The minimum atomic E-state index is -0.275. The zero-order valence-corrected chi connectivity index (χ0v) is 16.2. The Bertz CT molecular complexity index is 588. The number of nitrogens with zero attached hydrogens (tertiary/aromatic N) is 1. The number of nitrogens with one attached hydrogen (secondary N) is 3. The van der Waals surface area contributed by atoms with Crippen LogP contribution in [0.4, 0.5) is 4.39 Å². The molecule has 6 heteroatoms. The van der Waals surface area contributed by atoms with E-state index in [2.05, 4.69) is 34.8 Å². The van der Waals surface area contributed by atoms with Crippen molar-refractivity contribution in [3.05, 3.63) is 35.6 Å². The highest BCUT2D eigenvalue weighted by molar-refractivity contribution is 5.85. The van der Waals surface area contributed by atoms with E-state index in [9.17, 15) is 9.18 Å². The molecule has 0 unspecified atom stereocenters. The van der Waals surface area contributed by atoms with Gasteiger partial charge in [-0.25, -0.2) is 9.38 Å². The lowest BCUT2D eigenvalue weighted by Gasteiger charge is -2.27. The largest absolute Gasteiger partial charge is 0.357 e. The van der Waals surface area contributed by atoms with Crippen molar-refractivity contribution >= 4 is 11.9 Å². The van der Waals surface area contributed by atoms with Crippen LogP contribution in [0.15, 0.2) is 29.3 Å². The maximum absolute atomic E-state index is 13.1. The smallest absolute Gasteiger partial charge is 0.242 e. The molecule has 5 nitrogen and oxygen atoms in total. The molecular formula is C19H31FN4O. The Balaban J connectivity index is 2.69. The molecule has 1 rings (SSSR count). The number of hydrogen-bond donors (Lipinski definition) is 3. The highest BCUT2D eigenvalue weighted by atomic mass is 19.1. The van der Waals surface area contributed by atoms with Crippen molar-refractivity contribution in [1.82, 2.24) is 16.0 Å². The van der Waals surface area contributed by atoms with Crippen LogP contribution >= 0.6 is 0 Å². The van der Waals surface area contributed by atoms with Crippen LogP contribution in [-0.4, -0.2) is 37.0 Å². The van der Waals surface area contributed by atoms with Gasteiger partial charge < -0.3 is 16.0 Å². The van der Waals surface area contributed by atoms with Gasteiger partial charge in [-0.2, -0.15) is 0 Å². The molecule has 0 bridgehead atoms. The van der Waals surface area contributed by atoms with Crippen LogP contribution in [-0.2, 0) is 10.2 Å². The molecule has 3 N–H and O–H groups in total. The Morgan fingerprint density at radius 3 is 2.20 bits per heavy atom. The van der Waals surface area contributed by atoms with E-state index in [1.807, 2.05) is 27.7 Å². The van der Waals surface area contributed by atoms with Gasteiger partial charge >= 0.3 is 0 Å². The van der Waals surface area contributed by atoms with Crippen molar-refractivity contribution in [2.75, 3.05) is 19.6 Å². The van der Waals surface area contributed by atoms with Crippen LogP contribution < -0.4 is 16.0 Å². The van der Waals surface area contributed by atoms with Gasteiger partial charge in [-0.1, -0.05) is 26.0 Å². The number of guanidine groups is 1. The molecule has 1 aromatic rings. The fraction of sp³-hybridized carbons (Fsp3) is 0.579. The maximum Gasteiger partial charge on any atom is 0.242 e. The van der Waals surface area contributed by atoms with E-state index in [1.54, 1.807) is 12.1 Å². The van der Waals surface area contributed by atoms with Crippen LogP contribution in [0.5, 0.6) is 0 Å². The first kappa shape index (κ1) is 20.9. The van der Waals surface area contributed by atoms with Crippen molar-refractivity contribution < 1.29 is 9.18 Å². The van der Waals surface area contributed by atoms with Gasteiger partial charge in [0.1, 0.15) is 12.4 Å². The van der Waals surface area contributed by atoms with Crippen LogP contribution in [0.2, 0.25) is 0 Å². The van der Waals surface area contributed by atoms with Crippen LogP contribution in [0.25, 0.3) is 0 Å². The first-order chi connectivity index (χ1) is 11.5. The second kappa shape index (κ2) is 8.83. The van der Waals surface area contributed by atoms with Crippen molar-refractivity contribution in [1.29, 1.82) is 0 Å². The van der Waals surface area contributed by atoms with E-state index in [0.717, 1.165) is 5.56 Å². The number of carbonyl (C=O) groups excluding carboxylic acids is 1. The number of aliphatic imine (C=N–C) groups is 1. The second-order valence-corrected chi connectivity index (χ2v) is 7.74. The number of hydrogen-bond acceptors (Lipinski definition) is 2. The van der Waals surface area contributed by atoms with Gasteiger partial charge in [0.2, 0.25) is 5.91 Å². The first-order valence-electron chi connectivity index (χ1n) is 8.63. The van der Waals surface area contributed by atoms with Gasteiger partial charge in [-0.3, -0.25) is 4.79 Å². The second-order valence-electron chi connectivity index (χ2n) is 7.74. The van der Waals surface area contributed by atoms with E-state index in [0.29, 0.717) is 19.0 Å². The minimum Gasteiger partial charge on any atom is -0.357 e. The molecule has 0 saturated heterocycles. The molecule has 0 aliphatic rings. The number of rotatable bonds is 6. The standard InChI is InChI=1S/C19H31FN4O/c1-7-21-17(22-12-16(25)24-18(2,3)4)23-13-19(5,6)14-8-10-15(20)11-9-14/h8-11H,7,12-13H2,1-6H3,(H,24,25)(H2,21,22,23). The Labute approximate surface area is 150 Å². The lowest BCUT2D eigenvalue weighted by molar-refractivity contribution is -0.121. The quantitative estimate of drug-likeness (QED) is 0.546. The zero-order valence-electron chi connectivity index (χ0n) is 16.2. The van der Waals surface area contributed by atoms with E-state index in [-0.39, 0.29) is 29.2 Å². The normalized spacial score (nSPS) is 12.7. The summed E-state index contributed by atoms with van der Waals surface area (Å²) >= 11 is 0. The summed E-state index contributed by atoms with van der Waals surface area (Å²) in [5.74, 6) is 0.219. The number of carbonyl (C=O) groups is 1. The van der Waals surface area contributed by atoms with Crippen molar-refractivity contribution in [2.24, 2.45) is 4.99 Å². The molecule has 0 fully saturated rings. The average Bonchev–Trinajstić information content (AvgIpc) is 2.49. The molecule has 0 aromatic heterocycles. The Kier molecular flexibility index (Phi) is 7.39. The molecule has 140 valence electrons. The average molecular weight is 350 g/mol. The molecule has 0 radical (unpaired) electrons. The fourth-order valence-electron chi connectivity index (χ4n) is 2.26. The van der Waals surface area contributed by atoms with Crippen LogP contribution in [0, 0.1) is 5.82 Å². The Morgan fingerprint density at radius 2 is 1.68 bits per heavy atom. The van der Waals surface area contributed by atoms with Gasteiger partial charge in [0.15, 0.2) is 5.96 Å². The Morgan fingerprint density at radius 1 is 1.08 bits per heavy atom. The van der Waals surface area contributed by atoms with E-state index in [1.165, 1.54) is 12.1 Å². The minimum absolute atomic E-state index is 0.0591. The monoisotopic (exact) mass is 350 g/mol. The zero-order chi connectivity index (χ0) is 19.1. The predicted molar refractivity (Wildman–Crippen MR) is 101 cm³/mol. The van der Waals surface area contributed by atoms with E-state index in [4.69, 9.17) is 0 Å². The molecule has 1 amide bonds. The summed E-state index contributed by atoms with van der Waals surface area (Å²) in [6, 6.07) is 6.51. The highest BCUT2D eigenvalue weighted by Crippen LogP contribution is 2.22. The topological polar surface area (TPSA) is 65.5 Å². The summed E-state index contributed by atoms with van der Waals surface area (Å²) in [5, 5.41) is 9.27. The van der Waals surface area contributed by atoms with Crippen molar-refractivity contribution in [3.63, 3.8) is 0 Å². The predicted octanol–water partition coefficient (Wildman–Crippen LogP) is 2.57. The van der Waals surface area contributed by atoms with E-state index >= 15 is 0 Å². The summed E-state index contributed by atoms with van der Waals surface area (Å²) in [6.45, 7) is 13.3. The molecule has 0 aliphatic heterocycles. The molecule has 1 aromatic carbocycles. The highest BCUT2D eigenvalue weighted by Gasteiger charge is 2.21. The summed E-state index contributed by atoms with van der Waals surface area (Å²) in [7, 11) is 0. The van der Waals surface area contributed by atoms with Gasteiger partial charge in [0.05, 0.1) is 0 Å². The summed E-state index contributed by atoms with van der Waals surface area (Å²) in [6.07, 6.45) is 0. The maximum atomic E-state index is 13.1. The van der Waals surface area contributed by atoms with Crippen molar-refractivity contribution in [3.8, 4) is 0 Å².